The zero-order valence-corrected chi connectivity index (χ0v) is 11.8. The summed E-state index contributed by atoms with van der Waals surface area (Å²) in [7, 11) is 2.17. The molecular weight excluding hydrogens is 238 g/mol. The Balaban J connectivity index is 2.07. The third-order valence-electron chi connectivity index (χ3n) is 3.89. The van der Waals surface area contributed by atoms with E-state index in [0.29, 0.717) is 6.04 Å². The van der Waals surface area contributed by atoms with Crippen LogP contribution in [0.25, 0.3) is 0 Å². The van der Waals surface area contributed by atoms with Crippen LogP contribution >= 0.6 is 0 Å². The number of piperidine rings is 1. The van der Waals surface area contributed by atoms with Gasteiger partial charge < -0.3 is 9.64 Å². The molecule has 0 N–H and O–H groups in total. The Bertz CT molecular complexity index is 404. The largest absolute Gasteiger partial charge is 0.458 e. The minimum absolute atomic E-state index is 0.121. The highest BCUT2D eigenvalue weighted by molar-refractivity contribution is 5.66. The Labute approximate surface area is 115 Å². The van der Waals surface area contributed by atoms with Gasteiger partial charge in [-0.2, -0.15) is 0 Å². The van der Waals surface area contributed by atoms with Crippen molar-refractivity contribution in [1.82, 2.24) is 4.90 Å². The molecule has 1 saturated heterocycles. The highest BCUT2D eigenvalue weighted by atomic mass is 16.5. The normalized spacial score (nSPS) is 21.9. The van der Waals surface area contributed by atoms with Gasteiger partial charge in [-0.3, -0.25) is 4.79 Å². The van der Waals surface area contributed by atoms with Crippen LogP contribution < -0.4 is 0 Å². The molecule has 2 rings (SSSR count). The number of esters is 1. The van der Waals surface area contributed by atoms with E-state index < -0.39 is 0 Å². The zero-order chi connectivity index (χ0) is 13.7. The number of benzene rings is 1. The van der Waals surface area contributed by atoms with Gasteiger partial charge in [0.25, 0.3) is 0 Å². The molecule has 3 heteroatoms. The molecule has 1 aliphatic rings. The number of nitrogens with zero attached hydrogens (tertiary/aromatic N) is 1. The third-order valence-corrected chi connectivity index (χ3v) is 3.89. The monoisotopic (exact) mass is 261 g/mol. The lowest BCUT2D eigenvalue weighted by atomic mass is 9.94. The molecule has 0 radical (unpaired) electrons. The Kier molecular flexibility index (Phi) is 4.97. The predicted molar refractivity (Wildman–Crippen MR) is 75.8 cm³/mol. The van der Waals surface area contributed by atoms with Crippen molar-refractivity contribution in [2.75, 3.05) is 13.6 Å². The van der Waals surface area contributed by atoms with Crippen LogP contribution in [0.4, 0.5) is 0 Å². The summed E-state index contributed by atoms with van der Waals surface area (Å²) in [6, 6.07) is 10.6. The number of carbonyl (C=O) groups is 1. The Morgan fingerprint density at radius 2 is 2.11 bits per heavy atom. The number of hydrogen-bond donors (Lipinski definition) is 0. The fourth-order valence-corrected chi connectivity index (χ4v) is 2.81. The van der Waals surface area contributed by atoms with E-state index in [1.54, 1.807) is 0 Å². The van der Waals surface area contributed by atoms with Gasteiger partial charge in [-0.1, -0.05) is 36.8 Å². The molecule has 0 bridgehead atoms. The van der Waals surface area contributed by atoms with Gasteiger partial charge in [-0.05, 0) is 32.0 Å². The van der Waals surface area contributed by atoms with Crippen molar-refractivity contribution in [2.45, 2.75) is 44.8 Å². The summed E-state index contributed by atoms with van der Waals surface area (Å²) < 4.78 is 5.52. The fraction of sp³-hybridized carbons (Fsp3) is 0.562. The molecule has 1 fully saturated rings. The van der Waals surface area contributed by atoms with Crippen LogP contribution in [0.3, 0.4) is 0 Å². The lowest BCUT2D eigenvalue weighted by Crippen LogP contribution is -2.37. The number of ether oxygens (including phenoxy) is 1. The molecule has 104 valence electrons. The van der Waals surface area contributed by atoms with Gasteiger partial charge in [-0.25, -0.2) is 0 Å². The summed E-state index contributed by atoms with van der Waals surface area (Å²) in [5.41, 5.74) is 1.09. The highest BCUT2D eigenvalue weighted by Gasteiger charge is 2.25. The van der Waals surface area contributed by atoms with Crippen molar-refractivity contribution in [1.29, 1.82) is 0 Å². The number of rotatable bonds is 4. The summed E-state index contributed by atoms with van der Waals surface area (Å²) in [6.45, 7) is 2.63. The molecule has 1 aliphatic heterocycles. The van der Waals surface area contributed by atoms with Crippen molar-refractivity contribution in [3.63, 3.8) is 0 Å². The van der Waals surface area contributed by atoms with E-state index >= 15 is 0 Å². The van der Waals surface area contributed by atoms with E-state index in [0.717, 1.165) is 18.5 Å². The SMILES string of the molecule is CC(=O)O[C@@H](C[C@@H]1CCCCN1C)c1ccccc1. The summed E-state index contributed by atoms with van der Waals surface area (Å²) in [6.07, 6.45) is 4.51. The third kappa shape index (κ3) is 4.06. The van der Waals surface area contributed by atoms with Crippen LogP contribution in [0.15, 0.2) is 30.3 Å². The van der Waals surface area contributed by atoms with Gasteiger partial charge in [0, 0.05) is 19.4 Å². The molecule has 2 atom stereocenters. The lowest BCUT2D eigenvalue weighted by Gasteiger charge is -2.34. The van der Waals surface area contributed by atoms with E-state index in [-0.39, 0.29) is 12.1 Å². The summed E-state index contributed by atoms with van der Waals surface area (Å²) in [4.78, 5) is 13.7. The van der Waals surface area contributed by atoms with Gasteiger partial charge >= 0.3 is 5.97 Å². The van der Waals surface area contributed by atoms with Crippen molar-refractivity contribution in [2.24, 2.45) is 0 Å². The van der Waals surface area contributed by atoms with Crippen LogP contribution in [0.5, 0.6) is 0 Å². The molecule has 19 heavy (non-hydrogen) atoms. The molecule has 0 unspecified atom stereocenters. The first-order chi connectivity index (χ1) is 9.16. The number of carbonyl (C=O) groups excluding carboxylic acids is 1. The van der Waals surface area contributed by atoms with Gasteiger partial charge in [0.15, 0.2) is 0 Å². The smallest absolute Gasteiger partial charge is 0.303 e. The molecule has 0 spiro atoms. The average molecular weight is 261 g/mol. The summed E-state index contributed by atoms with van der Waals surface area (Å²) in [5.74, 6) is -0.202. The average Bonchev–Trinajstić information content (AvgIpc) is 2.41. The van der Waals surface area contributed by atoms with Crippen molar-refractivity contribution < 1.29 is 9.53 Å². The maximum absolute atomic E-state index is 11.3. The minimum atomic E-state index is -0.202. The standard InChI is InChI=1S/C16H23NO2/c1-13(18)19-16(14-8-4-3-5-9-14)12-15-10-6-7-11-17(15)2/h3-5,8-9,15-16H,6-7,10-12H2,1-2H3/t15-,16-/m0/s1. The van der Waals surface area contributed by atoms with Crippen LogP contribution in [-0.2, 0) is 9.53 Å². The van der Waals surface area contributed by atoms with E-state index in [2.05, 4.69) is 11.9 Å². The summed E-state index contributed by atoms with van der Waals surface area (Å²) >= 11 is 0. The Morgan fingerprint density at radius 3 is 2.74 bits per heavy atom. The molecule has 3 nitrogen and oxygen atoms in total. The molecule has 1 aromatic rings. The van der Waals surface area contributed by atoms with E-state index in [1.165, 1.54) is 26.2 Å². The van der Waals surface area contributed by atoms with Gasteiger partial charge in [0.1, 0.15) is 6.10 Å². The first kappa shape index (κ1) is 14.1. The van der Waals surface area contributed by atoms with Crippen LogP contribution in [0.2, 0.25) is 0 Å². The second kappa shape index (κ2) is 6.71. The molecule has 0 aliphatic carbocycles. The molecular formula is C16H23NO2. The lowest BCUT2D eigenvalue weighted by molar-refractivity contribution is -0.147. The number of likely N-dealkylation sites (tertiary alicyclic amines) is 1. The quantitative estimate of drug-likeness (QED) is 0.780. The highest BCUT2D eigenvalue weighted by Crippen LogP contribution is 2.28. The van der Waals surface area contributed by atoms with Crippen LogP contribution in [0.1, 0.15) is 44.3 Å². The first-order valence-electron chi connectivity index (χ1n) is 7.09. The predicted octanol–water partition coefficient (Wildman–Crippen LogP) is 3.17. The minimum Gasteiger partial charge on any atom is -0.458 e. The Hall–Kier alpha value is -1.35. The second-order valence-electron chi connectivity index (χ2n) is 5.37. The van der Waals surface area contributed by atoms with E-state index in [4.69, 9.17) is 4.74 Å². The molecule has 0 aromatic heterocycles. The maximum Gasteiger partial charge on any atom is 0.303 e. The first-order valence-corrected chi connectivity index (χ1v) is 7.09. The topological polar surface area (TPSA) is 29.5 Å². The number of hydrogen-bond acceptors (Lipinski definition) is 3. The van der Waals surface area contributed by atoms with Crippen molar-refractivity contribution in [3.8, 4) is 0 Å². The van der Waals surface area contributed by atoms with Crippen LogP contribution in [0, 0.1) is 0 Å². The second-order valence-corrected chi connectivity index (χ2v) is 5.37. The van der Waals surface area contributed by atoms with Crippen molar-refractivity contribution in [3.05, 3.63) is 35.9 Å². The molecule has 1 aromatic carbocycles. The van der Waals surface area contributed by atoms with Crippen LogP contribution in [-0.4, -0.2) is 30.5 Å². The molecule has 0 amide bonds. The fourth-order valence-electron chi connectivity index (χ4n) is 2.81. The van der Waals surface area contributed by atoms with E-state index in [1.807, 2.05) is 30.3 Å². The molecule has 1 heterocycles. The van der Waals surface area contributed by atoms with E-state index in [9.17, 15) is 4.79 Å². The van der Waals surface area contributed by atoms with Crippen molar-refractivity contribution >= 4 is 5.97 Å². The Morgan fingerprint density at radius 1 is 1.37 bits per heavy atom. The van der Waals surface area contributed by atoms with Gasteiger partial charge in [0.2, 0.25) is 0 Å². The zero-order valence-electron chi connectivity index (χ0n) is 11.8. The summed E-state index contributed by atoms with van der Waals surface area (Å²) in [5, 5.41) is 0. The van der Waals surface area contributed by atoms with Gasteiger partial charge in [-0.15, -0.1) is 0 Å². The molecule has 0 saturated carbocycles. The van der Waals surface area contributed by atoms with Gasteiger partial charge in [0.05, 0.1) is 0 Å². The maximum atomic E-state index is 11.3.